The fourth-order valence-electron chi connectivity index (χ4n) is 2.43. The molecule has 0 amide bonds. The molecule has 28 heavy (non-hydrogen) atoms. The van der Waals surface area contributed by atoms with Gasteiger partial charge in [-0.1, -0.05) is 17.7 Å². The van der Waals surface area contributed by atoms with Gasteiger partial charge in [0.15, 0.2) is 5.96 Å². The van der Waals surface area contributed by atoms with Crippen LogP contribution in [0.1, 0.15) is 12.0 Å². The van der Waals surface area contributed by atoms with Crippen molar-refractivity contribution in [2.24, 2.45) is 4.99 Å². The molecule has 1 heterocycles. The van der Waals surface area contributed by atoms with Crippen LogP contribution in [0.2, 0.25) is 5.15 Å². The van der Waals surface area contributed by atoms with Gasteiger partial charge in [0.05, 0.1) is 20.8 Å². The van der Waals surface area contributed by atoms with Crippen LogP contribution in [-0.2, 0) is 6.42 Å². The molecule has 0 bridgehead atoms. The highest BCUT2D eigenvalue weighted by atomic mass is 35.5. The highest BCUT2D eigenvalue weighted by Crippen LogP contribution is 2.27. The minimum Gasteiger partial charge on any atom is -0.496 e. The van der Waals surface area contributed by atoms with Crippen molar-refractivity contribution in [1.82, 2.24) is 15.6 Å². The van der Waals surface area contributed by atoms with Gasteiger partial charge < -0.3 is 24.8 Å². The molecule has 0 aliphatic rings. The molecule has 0 saturated heterocycles. The molecule has 0 spiro atoms. The summed E-state index contributed by atoms with van der Waals surface area (Å²) in [5, 5.41) is 7.05. The third-order valence-electron chi connectivity index (χ3n) is 3.93. The number of aliphatic imine (C=N–C) groups is 1. The second-order valence-corrected chi connectivity index (χ2v) is 6.30. The Labute approximate surface area is 171 Å². The maximum atomic E-state index is 5.79. The molecule has 152 valence electrons. The minimum absolute atomic E-state index is 0.504. The lowest BCUT2D eigenvalue weighted by atomic mass is 10.2. The Balaban J connectivity index is 1.65. The van der Waals surface area contributed by atoms with Gasteiger partial charge in [0.2, 0.25) is 0 Å². The number of aromatic nitrogens is 1. The molecule has 7 nitrogen and oxygen atoms in total. The molecule has 0 fully saturated rings. The first-order chi connectivity index (χ1) is 13.6. The van der Waals surface area contributed by atoms with Crippen LogP contribution in [-0.4, -0.2) is 51.9 Å². The number of nitrogens with one attached hydrogen (secondary N) is 2. The first kappa shape index (κ1) is 21.6. The average molecular weight is 407 g/mol. The van der Waals surface area contributed by atoms with Gasteiger partial charge in [0.25, 0.3) is 0 Å². The summed E-state index contributed by atoms with van der Waals surface area (Å²) >= 11 is 5.79. The Morgan fingerprint density at radius 1 is 1.04 bits per heavy atom. The molecular weight excluding hydrogens is 380 g/mol. The molecular formula is C20H27ClN4O3. The molecule has 0 atom stereocenters. The Morgan fingerprint density at radius 2 is 1.71 bits per heavy atom. The van der Waals surface area contributed by atoms with E-state index in [1.165, 1.54) is 0 Å². The van der Waals surface area contributed by atoms with Crippen LogP contribution in [0.25, 0.3) is 0 Å². The van der Waals surface area contributed by atoms with Crippen LogP contribution in [0.3, 0.4) is 0 Å². The molecule has 0 aliphatic carbocycles. The molecule has 1 aromatic heterocycles. The lowest BCUT2D eigenvalue weighted by Crippen LogP contribution is -2.39. The Hall–Kier alpha value is -2.67. The normalized spacial score (nSPS) is 11.1. The highest BCUT2D eigenvalue weighted by molar-refractivity contribution is 6.29. The molecule has 0 radical (unpaired) electrons. The van der Waals surface area contributed by atoms with Crippen molar-refractivity contribution in [1.29, 1.82) is 0 Å². The first-order valence-corrected chi connectivity index (χ1v) is 9.43. The third-order valence-corrected chi connectivity index (χ3v) is 4.15. The SMILES string of the molecule is CN=C(NCCCOc1cc(OC)cc(OC)c1)NCCc1ccc(Cl)nc1. The maximum Gasteiger partial charge on any atom is 0.190 e. The number of hydrogen-bond donors (Lipinski definition) is 2. The predicted molar refractivity (Wildman–Crippen MR) is 112 cm³/mol. The fourth-order valence-corrected chi connectivity index (χ4v) is 2.55. The van der Waals surface area contributed by atoms with Gasteiger partial charge in [-0.05, 0) is 24.5 Å². The molecule has 2 N–H and O–H groups in total. The van der Waals surface area contributed by atoms with Crippen molar-refractivity contribution >= 4 is 17.6 Å². The molecule has 1 aromatic carbocycles. The van der Waals surface area contributed by atoms with Crippen LogP contribution in [0.4, 0.5) is 0 Å². The second-order valence-electron chi connectivity index (χ2n) is 5.92. The van der Waals surface area contributed by atoms with Crippen LogP contribution >= 0.6 is 11.6 Å². The van der Waals surface area contributed by atoms with Gasteiger partial charge >= 0.3 is 0 Å². The van der Waals surface area contributed by atoms with Gasteiger partial charge in [-0.3, -0.25) is 4.99 Å². The van der Waals surface area contributed by atoms with E-state index >= 15 is 0 Å². The van der Waals surface area contributed by atoms with Gasteiger partial charge in [-0.2, -0.15) is 0 Å². The highest BCUT2D eigenvalue weighted by Gasteiger charge is 2.03. The smallest absolute Gasteiger partial charge is 0.190 e. The molecule has 2 rings (SSSR count). The Kier molecular flexibility index (Phi) is 9.21. The number of benzene rings is 1. The molecule has 8 heteroatoms. The number of rotatable bonds is 10. The summed E-state index contributed by atoms with van der Waals surface area (Å²) in [6.07, 6.45) is 3.44. The zero-order valence-electron chi connectivity index (χ0n) is 16.5. The van der Waals surface area contributed by atoms with E-state index in [0.29, 0.717) is 23.3 Å². The zero-order chi connectivity index (χ0) is 20.2. The summed E-state index contributed by atoms with van der Waals surface area (Å²) in [6, 6.07) is 9.24. The van der Waals surface area contributed by atoms with E-state index in [4.69, 9.17) is 25.8 Å². The van der Waals surface area contributed by atoms with Crippen LogP contribution < -0.4 is 24.8 Å². The van der Waals surface area contributed by atoms with Gasteiger partial charge in [-0.25, -0.2) is 4.98 Å². The largest absolute Gasteiger partial charge is 0.496 e. The summed E-state index contributed by atoms with van der Waals surface area (Å²) in [5.74, 6) is 2.88. The van der Waals surface area contributed by atoms with Crippen LogP contribution in [0.5, 0.6) is 17.2 Å². The van der Waals surface area contributed by atoms with E-state index in [2.05, 4.69) is 20.6 Å². The fraction of sp³-hybridized carbons (Fsp3) is 0.400. The summed E-state index contributed by atoms with van der Waals surface area (Å²) in [6.45, 7) is 2.06. The van der Waals surface area contributed by atoms with Gasteiger partial charge in [-0.15, -0.1) is 0 Å². The van der Waals surface area contributed by atoms with E-state index in [-0.39, 0.29) is 0 Å². The van der Waals surface area contributed by atoms with E-state index in [1.807, 2.05) is 24.3 Å². The average Bonchev–Trinajstić information content (AvgIpc) is 2.73. The lowest BCUT2D eigenvalue weighted by Gasteiger charge is -2.13. The monoisotopic (exact) mass is 406 g/mol. The number of methoxy groups -OCH3 is 2. The van der Waals surface area contributed by atoms with E-state index < -0.39 is 0 Å². The zero-order valence-corrected chi connectivity index (χ0v) is 17.3. The van der Waals surface area contributed by atoms with Crippen molar-refractivity contribution in [3.8, 4) is 17.2 Å². The topological polar surface area (TPSA) is 77.0 Å². The quantitative estimate of drug-likeness (QED) is 0.273. The number of ether oxygens (including phenoxy) is 3. The number of guanidine groups is 1. The molecule has 0 unspecified atom stereocenters. The van der Waals surface area contributed by atoms with Crippen molar-refractivity contribution < 1.29 is 14.2 Å². The number of halogens is 1. The Morgan fingerprint density at radius 3 is 2.32 bits per heavy atom. The Bertz CT molecular complexity index is 731. The summed E-state index contributed by atoms with van der Waals surface area (Å²) in [7, 11) is 4.98. The maximum absolute atomic E-state index is 5.79. The van der Waals surface area contributed by atoms with E-state index in [1.54, 1.807) is 33.5 Å². The summed E-state index contributed by atoms with van der Waals surface area (Å²) < 4.78 is 16.3. The number of nitrogens with zero attached hydrogens (tertiary/aromatic N) is 2. The lowest BCUT2D eigenvalue weighted by molar-refractivity contribution is 0.305. The molecule has 2 aromatic rings. The minimum atomic E-state index is 0.504. The van der Waals surface area contributed by atoms with E-state index in [0.717, 1.165) is 43.2 Å². The third kappa shape index (κ3) is 7.52. The van der Waals surface area contributed by atoms with Crippen molar-refractivity contribution in [3.63, 3.8) is 0 Å². The van der Waals surface area contributed by atoms with Gasteiger partial charge in [0, 0.05) is 44.5 Å². The predicted octanol–water partition coefficient (Wildman–Crippen LogP) is 2.93. The van der Waals surface area contributed by atoms with Crippen molar-refractivity contribution in [3.05, 3.63) is 47.2 Å². The number of pyridine rings is 1. The summed E-state index contributed by atoms with van der Waals surface area (Å²) in [4.78, 5) is 8.29. The second kappa shape index (κ2) is 11.9. The molecule has 0 aliphatic heterocycles. The van der Waals surface area contributed by atoms with Crippen molar-refractivity contribution in [2.45, 2.75) is 12.8 Å². The first-order valence-electron chi connectivity index (χ1n) is 9.05. The standard InChI is InChI=1S/C20H27ClN4O3/c1-22-20(24-9-7-15-5-6-19(21)25-14-15)23-8-4-10-28-18-12-16(26-2)11-17(13-18)27-3/h5-6,11-14H,4,7-10H2,1-3H3,(H2,22,23,24). The van der Waals surface area contributed by atoms with Crippen LogP contribution in [0, 0.1) is 0 Å². The van der Waals surface area contributed by atoms with Gasteiger partial charge in [0.1, 0.15) is 22.4 Å². The molecule has 0 saturated carbocycles. The van der Waals surface area contributed by atoms with E-state index in [9.17, 15) is 0 Å². The van der Waals surface area contributed by atoms with Crippen molar-refractivity contribution in [2.75, 3.05) is 41.0 Å². The summed E-state index contributed by atoms with van der Waals surface area (Å²) in [5.41, 5.74) is 1.12. The van der Waals surface area contributed by atoms with Crippen LogP contribution in [0.15, 0.2) is 41.5 Å². The number of hydrogen-bond acceptors (Lipinski definition) is 5.